The maximum absolute atomic E-state index is 4.76. The summed E-state index contributed by atoms with van der Waals surface area (Å²) in [7, 11) is 0. The average Bonchev–Trinajstić information content (AvgIpc) is 2.67. The number of nitrogens with one attached hydrogen (secondary N) is 1. The predicted molar refractivity (Wildman–Crippen MR) is 82.2 cm³/mol. The molecule has 1 fully saturated rings. The van der Waals surface area contributed by atoms with Crippen LogP contribution in [0.25, 0.3) is 5.69 Å². The van der Waals surface area contributed by atoms with Crippen LogP contribution in [0.4, 0.5) is 0 Å². The SMILES string of the molecule is Cc1nn(-c2ccccc2)c(C)c1C1CCCCCN1. The van der Waals surface area contributed by atoms with Gasteiger partial charge in [0.25, 0.3) is 0 Å². The number of hydrogen-bond donors (Lipinski definition) is 1. The van der Waals surface area contributed by atoms with Crippen LogP contribution in [0.3, 0.4) is 0 Å². The van der Waals surface area contributed by atoms with E-state index in [1.807, 2.05) is 6.07 Å². The number of rotatable bonds is 2. The van der Waals surface area contributed by atoms with E-state index in [9.17, 15) is 0 Å². The molecule has 3 rings (SSSR count). The highest BCUT2D eigenvalue weighted by atomic mass is 15.3. The monoisotopic (exact) mass is 269 g/mol. The minimum absolute atomic E-state index is 0.468. The van der Waals surface area contributed by atoms with Crippen molar-refractivity contribution in [2.45, 2.75) is 45.6 Å². The van der Waals surface area contributed by atoms with Crippen molar-refractivity contribution in [3.63, 3.8) is 0 Å². The Bertz CT molecular complexity index is 563. The maximum Gasteiger partial charge on any atom is 0.0648 e. The first-order valence-corrected chi connectivity index (χ1v) is 7.62. The smallest absolute Gasteiger partial charge is 0.0648 e. The standard InChI is InChI=1S/C17H23N3/c1-13-17(16-11-7-4-8-12-18-16)14(2)20(19-13)15-9-5-3-6-10-15/h3,5-6,9-10,16,18H,4,7-8,11-12H2,1-2H3. The molecule has 1 aromatic heterocycles. The number of aryl methyl sites for hydroxylation is 1. The van der Waals surface area contributed by atoms with Crippen molar-refractivity contribution in [2.24, 2.45) is 0 Å². The van der Waals surface area contributed by atoms with E-state index >= 15 is 0 Å². The molecule has 106 valence electrons. The summed E-state index contributed by atoms with van der Waals surface area (Å²) in [5.41, 5.74) is 4.97. The number of para-hydroxylation sites is 1. The summed E-state index contributed by atoms with van der Waals surface area (Å²) >= 11 is 0. The van der Waals surface area contributed by atoms with E-state index in [-0.39, 0.29) is 0 Å². The molecular formula is C17H23N3. The number of aromatic nitrogens is 2. The van der Waals surface area contributed by atoms with E-state index in [0.29, 0.717) is 6.04 Å². The van der Waals surface area contributed by atoms with Crippen molar-refractivity contribution in [3.8, 4) is 5.69 Å². The van der Waals surface area contributed by atoms with Crippen LogP contribution >= 0.6 is 0 Å². The molecule has 1 atom stereocenters. The van der Waals surface area contributed by atoms with Gasteiger partial charge in [0.05, 0.1) is 11.4 Å². The van der Waals surface area contributed by atoms with Crippen LogP contribution < -0.4 is 5.32 Å². The minimum atomic E-state index is 0.468. The van der Waals surface area contributed by atoms with Crippen LogP contribution in [-0.2, 0) is 0 Å². The molecule has 1 unspecified atom stereocenters. The third-order valence-corrected chi connectivity index (χ3v) is 4.26. The van der Waals surface area contributed by atoms with Gasteiger partial charge in [0, 0.05) is 17.3 Å². The Morgan fingerprint density at radius 3 is 2.70 bits per heavy atom. The Morgan fingerprint density at radius 1 is 1.10 bits per heavy atom. The van der Waals surface area contributed by atoms with Crippen molar-refractivity contribution in [1.29, 1.82) is 0 Å². The lowest BCUT2D eigenvalue weighted by molar-refractivity contribution is 0.530. The first-order valence-electron chi connectivity index (χ1n) is 7.62. The predicted octanol–water partition coefficient (Wildman–Crippen LogP) is 3.69. The van der Waals surface area contributed by atoms with Gasteiger partial charge in [0.2, 0.25) is 0 Å². The van der Waals surface area contributed by atoms with Gasteiger partial charge in [-0.15, -0.1) is 0 Å². The fourth-order valence-electron chi connectivity index (χ4n) is 3.25. The van der Waals surface area contributed by atoms with E-state index in [1.165, 1.54) is 36.9 Å². The van der Waals surface area contributed by atoms with Gasteiger partial charge < -0.3 is 5.32 Å². The van der Waals surface area contributed by atoms with Crippen molar-refractivity contribution >= 4 is 0 Å². The van der Waals surface area contributed by atoms with Crippen molar-refractivity contribution < 1.29 is 0 Å². The van der Waals surface area contributed by atoms with E-state index in [0.717, 1.165) is 17.9 Å². The maximum atomic E-state index is 4.76. The third-order valence-electron chi connectivity index (χ3n) is 4.26. The summed E-state index contributed by atoms with van der Waals surface area (Å²) in [6.07, 6.45) is 5.17. The van der Waals surface area contributed by atoms with Gasteiger partial charge in [-0.3, -0.25) is 0 Å². The first-order chi connectivity index (χ1) is 9.77. The van der Waals surface area contributed by atoms with E-state index in [4.69, 9.17) is 5.10 Å². The fourth-order valence-corrected chi connectivity index (χ4v) is 3.25. The van der Waals surface area contributed by atoms with Crippen LogP contribution in [0.2, 0.25) is 0 Å². The molecular weight excluding hydrogens is 246 g/mol. The lowest BCUT2D eigenvalue weighted by Crippen LogP contribution is -2.21. The van der Waals surface area contributed by atoms with Crippen molar-refractivity contribution in [2.75, 3.05) is 6.54 Å². The average molecular weight is 269 g/mol. The van der Waals surface area contributed by atoms with Gasteiger partial charge in [-0.05, 0) is 45.4 Å². The lowest BCUT2D eigenvalue weighted by atomic mass is 10.0. The van der Waals surface area contributed by atoms with Crippen LogP contribution in [0.1, 0.15) is 48.7 Å². The zero-order valence-corrected chi connectivity index (χ0v) is 12.4. The zero-order chi connectivity index (χ0) is 13.9. The third kappa shape index (κ3) is 2.50. The highest BCUT2D eigenvalue weighted by Gasteiger charge is 2.22. The molecule has 1 aliphatic heterocycles. The molecule has 20 heavy (non-hydrogen) atoms. The summed E-state index contributed by atoms with van der Waals surface area (Å²) in [4.78, 5) is 0. The summed E-state index contributed by atoms with van der Waals surface area (Å²) in [5, 5.41) is 8.45. The van der Waals surface area contributed by atoms with Gasteiger partial charge in [-0.2, -0.15) is 5.10 Å². The number of hydrogen-bond acceptors (Lipinski definition) is 2. The van der Waals surface area contributed by atoms with Crippen LogP contribution in [-0.4, -0.2) is 16.3 Å². The van der Waals surface area contributed by atoms with Gasteiger partial charge in [0.1, 0.15) is 0 Å². The molecule has 1 saturated heterocycles. The summed E-state index contributed by atoms with van der Waals surface area (Å²) in [6.45, 7) is 5.45. The molecule has 0 radical (unpaired) electrons. The fraction of sp³-hybridized carbons (Fsp3) is 0.471. The van der Waals surface area contributed by atoms with Crippen LogP contribution in [0.15, 0.2) is 30.3 Å². The highest BCUT2D eigenvalue weighted by Crippen LogP contribution is 2.29. The van der Waals surface area contributed by atoms with Crippen molar-refractivity contribution in [3.05, 3.63) is 47.3 Å². The van der Waals surface area contributed by atoms with Gasteiger partial charge >= 0.3 is 0 Å². The first kappa shape index (κ1) is 13.4. The molecule has 0 amide bonds. The van der Waals surface area contributed by atoms with E-state index in [1.54, 1.807) is 0 Å². The Morgan fingerprint density at radius 2 is 1.90 bits per heavy atom. The Hall–Kier alpha value is -1.61. The molecule has 3 nitrogen and oxygen atoms in total. The topological polar surface area (TPSA) is 29.9 Å². The highest BCUT2D eigenvalue weighted by molar-refractivity contribution is 5.38. The summed E-state index contributed by atoms with van der Waals surface area (Å²) < 4.78 is 2.08. The Kier molecular flexibility index (Phi) is 3.88. The summed E-state index contributed by atoms with van der Waals surface area (Å²) in [5.74, 6) is 0. The lowest BCUT2D eigenvalue weighted by Gasteiger charge is -2.16. The summed E-state index contributed by atoms with van der Waals surface area (Å²) in [6, 6.07) is 10.9. The Balaban J connectivity index is 1.98. The molecule has 0 spiro atoms. The zero-order valence-electron chi connectivity index (χ0n) is 12.4. The number of benzene rings is 1. The molecule has 2 heterocycles. The Labute approximate surface area is 121 Å². The second-order valence-corrected chi connectivity index (χ2v) is 5.69. The van der Waals surface area contributed by atoms with Gasteiger partial charge in [-0.1, -0.05) is 31.0 Å². The molecule has 1 aromatic carbocycles. The molecule has 0 bridgehead atoms. The van der Waals surface area contributed by atoms with E-state index in [2.05, 4.69) is 48.1 Å². The van der Waals surface area contributed by atoms with Crippen LogP contribution in [0.5, 0.6) is 0 Å². The molecule has 1 N–H and O–H groups in total. The molecule has 3 heteroatoms. The minimum Gasteiger partial charge on any atom is -0.310 e. The molecule has 1 aliphatic rings. The molecule has 2 aromatic rings. The van der Waals surface area contributed by atoms with E-state index < -0.39 is 0 Å². The molecule has 0 aliphatic carbocycles. The van der Waals surface area contributed by atoms with Crippen molar-refractivity contribution in [1.82, 2.24) is 15.1 Å². The quantitative estimate of drug-likeness (QED) is 0.901. The van der Waals surface area contributed by atoms with Crippen LogP contribution in [0, 0.1) is 13.8 Å². The number of nitrogens with zero attached hydrogens (tertiary/aromatic N) is 2. The second-order valence-electron chi connectivity index (χ2n) is 5.69. The van der Waals surface area contributed by atoms with Gasteiger partial charge in [-0.25, -0.2) is 4.68 Å². The second kappa shape index (κ2) is 5.80. The van der Waals surface area contributed by atoms with Gasteiger partial charge in [0.15, 0.2) is 0 Å². The molecule has 0 saturated carbocycles. The largest absolute Gasteiger partial charge is 0.310 e. The normalized spacial score (nSPS) is 19.8.